The van der Waals surface area contributed by atoms with E-state index in [0.29, 0.717) is 5.92 Å². The standard InChI is InChI=1S/C20H31NO3/c1-7-14(4)18(20(23)24-6)21-19(22)15(5)17-10-8-16(9-11-17)12-13(2)3/h8-11,13-15,18H,7,12H2,1-6H3,(H,21,22)/t14-,15?,18+/m0/s1. The quantitative estimate of drug-likeness (QED) is 0.738. The van der Waals surface area contributed by atoms with Crippen LogP contribution in [0, 0.1) is 11.8 Å². The minimum Gasteiger partial charge on any atom is -0.467 e. The fourth-order valence-electron chi connectivity index (χ4n) is 2.64. The van der Waals surface area contributed by atoms with Crippen LogP contribution in [0.4, 0.5) is 0 Å². The Balaban J connectivity index is 2.80. The van der Waals surface area contributed by atoms with Crippen LogP contribution in [0.5, 0.6) is 0 Å². The van der Waals surface area contributed by atoms with Gasteiger partial charge >= 0.3 is 5.97 Å². The van der Waals surface area contributed by atoms with Crippen LogP contribution in [0.2, 0.25) is 0 Å². The molecule has 1 aromatic rings. The monoisotopic (exact) mass is 333 g/mol. The Labute approximate surface area is 146 Å². The normalized spacial score (nSPS) is 14.8. The number of carbonyl (C=O) groups is 2. The van der Waals surface area contributed by atoms with Crippen LogP contribution < -0.4 is 5.32 Å². The van der Waals surface area contributed by atoms with Gasteiger partial charge in [-0.15, -0.1) is 0 Å². The molecule has 24 heavy (non-hydrogen) atoms. The highest BCUT2D eigenvalue weighted by atomic mass is 16.5. The number of rotatable bonds is 8. The van der Waals surface area contributed by atoms with Crippen LogP contribution in [0.1, 0.15) is 58.1 Å². The van der Waals surface area contributed by atoms with Crippen molar-refractivity contribution in [1.29, 1.82) is 0 Å². The van der Waals surface area contributed by atoms with E-state index < -0.39 is 12.0 Å². The lowest BCUT2D eigenvalue weighted by Crippen LogP contribution is -2.47. The van der Waals surface area contributed by atoms with Crippen molar-refractivity contribution in [3.05, 3.63) is 35.4 Å². The topological polar surface area (TPSA) is 55.4 Å². The molecule has 0 spiro atoms. The van der Waals surface area contributed by atoms with Crippen molar-refractivity contribution in [3.8, 4) is 0 Å². The number of benzene rings is 1. The van der Waals surface area contributed by atoms with E-state index in [4.69, 9.17) is 4.74 Å². The molecule has 4 nitrogen and oxygen atoms in total. The number of esters is 1. The summed E-state index contributed by atoms with van der Waals surface area (Å²) in [6.45, 7) is 10.2. The molecular formula is C20H31NO3. The van der Waals surface area contributed by atoms with Gasteiger partial charge in [-0.1, -0.05) is 58.4 Å². The summed E-state index contributed by atoms with van der Waals surface area (Å²) in [6.07, 6.45) is 1.82. The van der Waals surface area contributed by atoms with Crippen LogP contribution >= 0.6 is 0 Å². The van der Waals surface area contributed by atoms with Gasteiger partial charge < -0.3 is 10.1 Å². The first-order valence-electron chi connectivity index (χ1n) is 8.77. The Morgan fingerprint density at radius 3 is 2.12 bits per heavy atom. The largest absolute Gasteiger partial charge is 0.467 e. The molecule has 1 N–H and O–H groups in total. The molecule has 0 aliphatic carbocycles. The molecule has 0 radical (unpaired) electrons. The van der Waals surface area contributed by atoms with E-state index in [1.54, 1.807) is 0 Å². The Morgan fingerprint density at radius 2 is 1.67 bits per heavy atom. The van der Waals surface area contributed by atoms with Crippen molar-refractivity contribution in [2.45, 2.75) is 59.4 Å². The average Bonchev–Trinajstić information content (AvgIpc) is 2.57. The first-order valence-corrected chi connectivity index (χ1v) is 8.77. The molecule has 1 amide bonds. The van der Waals surface area contributed by atoms with Crippen LogP contribution in [0.15, 0.2) is 24.3 Å². The second-order valence-electron chi connectivity index (χ2n) is 6.96. The fraction of sp³-hybridized carbons (Fsp3) is 0.600. The van der Waals surface area contributed by atoms with Gasteiger partial charge in [-0.05, 0) is 36.3 Å². The third-order valence-corrected chi connectivity index (χ3v) is 4.48. The van der Waals surface area contributed by atoms with Gasteiger partial charge in [0.25, 0.3) is 0 Å². The second-order valence-corrected chi connectivity index (χ2v) is 6.96. The van der Waals surface area contributed by atoms with E-state index in [2.05, 4.69) is 31.3 Å². The number of nitrogens with one attached hydrogen (secondary N) is 1. The lowest BCUT2D eigenvalue weighted by molar-refractivity contribution is -0.146. The lowest BCUT2D eigenvalue weighted by atomic mass is 9.94. The number of methoxy groups -OCH3 is 1. The fourth-order valence-corrected chi connectivity index (χ4v) is 2.64. The maximum Gasteiger partial charge on any atom is 0.328 e. The molecule has 0 saturated carbocycles. The van der Waals surface area contributed by atoms with E-state index in [1.807, 2.05) is 32.9 Å². The van der Waals surface area contributed by atoms with Gasteiger partial charge in [-0.25, -0.2) is 4.79 Å². The number of hydrogen-bond acceptors (Lipinski definition) is 3. The molecule has 0 aromatic heterocycles. The predicted molar refractivity (Wildman–Crippen MR) is 96.8 cm³/mol. The predicted octanol–water partition coefficient (Wildman–Crippen LogP) is 3.69. The molecule has 0 aliphatic rings. The first-order chi connectivity index (χ1) is 11.3. The number of carbonyl (C=O) groups excluding carboxylic acids is 2. The highest BCUT2D eigenvalue weighted by Gasteiger charge is 2.28. The van der Waals surface area contributed by atoms with Crippen molar-refractivity contribution < 1.29 is 14.3 Å². The molecule has 134 valence electrons. The summed E-state index contributed by atoms with van der Waals surface area (Å²) in [5.41, 5.74) is 2.22. The maximum absolute atomic E-state index is 12.5. The van der Waals surface area contributed by atoms with Gasteiger partial charge in [0.15, 0.2) is 0 Å². The van der Waals surface area contributed by atoms with E-state index in [1.165, 1.54) is 12.7 Å². The molecule has 4 heteroatoms. The number of ether oxygens (including phenoxy) is 1. The van der Waals surface area contributed by atoms with Crippen LogP contribution in [-0.4, -0.2) is 25.0 Å². The summed E-state index contributed by atoms with van der Waals surface area (Å²) >= 11 is 0. The van der Waals surface area contributed by atoms with Crippen molar-refractivity contribution >= 4 is 11.9 Å². The second kappa shape index (κ2) is 9.45. The van der Waals surface area contributed by atoms with Crippen LogP contribution in [0.25, 0.3) is 0 Å². The first kappa shape index (κ1) is 20.2. The van der Waals surface area contributed by atoms with Crippen molar-refractivity contribution in [2.24, 2.45) is 11.8 Å². The van der Waals surface area contributed by atoms with Crippen molar-refractivity contribution in [3.63, 3.8) is 0 Å². The van der Waals surface area contributed by atoms with Gasteiger partial charge in [0, 0.05) is 0 Å². The molecular weight excluding hydrogens is 302 g/mol. The summed E-state index contributed by atoms with van der Waals surface area (Å²) < 4.78 is 4.82. The highest BCUT2D eigenvalue weighted by molar-refractivity contribution is 5.88. The molecule has 1 rings (SSSR count). The maximum atomic E-state index is 12.5. The zero-order chi connectivity index (χ0) is 18.3. The summed E-state index contributed by atoms with van der Waals surface area (Å²) in [6, 6.07) is 7.54. The van der Waals surface area contributed by atoms with Crippen LogP contribution in [-0.2, 0) is 20.7 Å². The van der Waals surface area contributed by atoms with Gasteiger partial charge in [0.1, 0.15) is 6.04 Å². The zero-order valence-corrected chi connectivity index (χ0v) is 15.8. The third kappa shape index (κ3) is 5.66. The molecule has 0 saturated heterocycles. The molecule has 0 heterocycles. The Hall–Kier alpha value is -1.84. The zero-order valence-electron chi connectivity index (χ0n) is 15.8. The molecule has 0 bridgehead atoms. The number of hydrogen-bond donors (Lipinski definition) is 1. The average molecular weight is 333 g/mol. The summed E-state index contributed by atoms with van der Waals surface area (Å²) in [4.78, 5) is 24.5. The molecule has 0 aliphatic heterocycles. The summed E-state index contributed by atoms with van der Waals surface area (Å²) in [5, 5.41) is 2.85. The van der Waals surface area contributed by atoms with Crippen molar-refractivity contribution in [2.75, 3.05) is 7.11 Å². The van der Waals surface area contributed by atoms with Gasteiger partial charge in [0.05, 0.1) is 13.0 Å². The molecule has 1 unspecified atom stereocenters. The van der Waals surface area contributed by atoms with E-state index in [-0.39, 0.29) is 17.7 Å². The Morgan fingerprint density at radius 1 is 1.08 bits per heavy atom. The van der Waals surface area contributed by atoms with E-state index >= 15 is 0 Å². The number of amides is 1. The van der Waals surface area contributed by atoms with E-state index in [9.17, 15) is 9.59 Å². The highest BCUT2D eigenvalue weighted by Crippen LogP contribution is 2.19. The minimum absolute atomic E-state index is 0.0296. The summed E-state index contributed by atoms with van der Waals surface area (Å²) in [7, 11) is 1.35. The molecule has 0 fully saturated rings. The third-order valence-electron chi connectivity index (χ3n) is 4.48. The Kier molecular flexibility index (Phi) is 7.96. The van der Waals surface area contributed by atoms with E-state index in [0.717, 1.165) is 18.4 Å². The van der Waals surface area contributed by atoms with Gasteiger partial charge in [-0.2, -0.15) is 0 Å². The van der Waals surface area contributed by atoms with Gasteiger partial charge in [0.2, 0.25) is 5.91 Å². The molecule has 1 aromatic carbocycles. The van der Waals surface area contributed by atoms with Gasteiger partial charge in [-0.3, -0.25) is 4.79 Å². The minimum atomic E-state index is -0.602. The van der Waals surface area contributed by atoms with Crippen molar-refractivity contribution in [1.82, 2.24) is 5.32 Å². The Bertz CT molecular complexity index is 536. The molecule has 3 atom stereocenters. The lowest BCUT2D eigenvalue weighted by Gasteiger charge is -2.23. The summed E-state index contributed by atoms with van der Waals surface area (Å²) in [5.74, 6) is -0.219. The smallest absolute Gasteiger partial charge is 0.328 e. The SMILES string of the molecule is CC[C@H](C)[C@@H](NC(=O)C(C)c1ccc(CC(C)C)cc1)C(=O)OC. The van der Waals surface area contributed by atoms with Crippen LogP contribution in [0.3, 0.4) is 0 Å².